The lowest BCUT2D eigenvalue weighted by Crippen LogP contribution is -2.47. The number of carboxylic acid groups (broad SMARTS) is 1. The number of carbonyl (C=O) groups excluding carboxylic acids is 1. The third kappa shape index (κ3) is 5.33. The number of rotatable bonds is 8. The lowest BCUT2D eigenvalue weighted by atomic mass is 10.1. The summed E-state index contributed by atoms with van der Waals surface area (Å²) in [5.41, 5.74) is 1.29. The molecule has 0 radical (unpaired) electrons. The molecule has 8 nitrogen and oxygen atoms in total. The van der Waals surface area contributed by atoms with Crippen molar-refractivity contribution in [1.82, 2.24) is 15.2 Å². The SMILES string of the molecule is CCOC(=O)C1=C(CN2CCSCC2CCC(=O)O)NC(c2nccs2)=NC1. The van der Waals surface area contributed by atoms with Crippen LogP contribution in [0.25, 0.3) is 0 Å². The molecule has 1 aromatic rings. The summed E-state index contributed by atoms with van der Waals surface area (Å²) < 4.78 is 5.21. The van der Waals surface area contributed by atoms with Gasteiger partial charge in [-0.2, -0.15) is 11.8 Å². The third-order valence-corrected chi connectivity index (χ3v) is 6.46. The van der Waals surface area contributed by atoms with Gasteiger partial charge in [0, 0.05) is 54.3 Å². The van der Waals surface area contributed by atoms with Crippen LogP contribution in [0.4, 0.5) is 0 Å². The third-order valence-electron chi connectivity index (χ3n) is 4.59. The Morgan fingerprint density at radius 3 is 3.04 bits per heavy atom. The van der Waals surface area contributed by atoms with Crippen LogP contribution in [-0.4, -0.2) is 76.6 Å². The Balaban J connectivity index is 1.78. The van der Waals surface area contributed by atoms with Gasteiger partial charge >= 0.3 is 11.9 Å². The van der Waals surface area contributed by atoms with E-state index >= 15 is 0 Å². The molecule has 0 spiro atoms. The highest BCUT2D eigenvalue weighted by atomic mass is 32.2. The molecule has 1 fully saturated rings. The number of nitrogens with one attached hydrogen (secondary N) is 1. The van der Waals surface area contributed by atoms with Crippen molar-refractivity contribution in [3.8, 4) is 0 Å². The molecule has 1 aromatic heterocycles. The van der Waals surface area contributed by atoms with E-state index in [1.807, 2.05) is 17.1 Å². The minimum Gasteiger partial charge on any atom is -0.481 e. The van der Waals surface area contributed by atoms with Gasteiger partial charge in [0.15, 0.2) is 10.8 Å². The monoisotopic (exact) mass is 424 g/mol. The van der Waals surface area contributed by atoms with E-state index in [-0.39, 0.29) is 25.0 Å². The smallest absolute Gasteiger partial charge is 0.337 e. The van der Waals surface area contributed by atoms with Gasteiger partial charge in [0.1, 0.15) is 0 Å². The maximum atomic E-state index is 12.4. The number of carboxylic acids is 1. The number of nitrogens with zero attached hydrogens (tertiary/aromatic N) is 3. The number of thiazole rings is 1. The van der Waals surface area contributed by atoms with Gasteiger partial charge in [-0.1, -0.05) is 0 Å². The Morgan fingerprint density at radius 2 is 2.32 bits per heavy atom. The number of aromatic nitrogens is 1. The van der Waals surface area contributed by atoms with Gasteiger partial charge in [-0.15, -0.1) is 11.3 Å². The second-order valence-electron chi connectivity index (χ2n) is 6.44. The maximum Gasteiger partial charge on any atom is 0.337 e. The number of carbonyl (C=O) groups is 2. The largest absolute Gasteiger partial charge is 0.481 e. The van der Waals surface area contributed by atoms with Crippen LogP contribution in [0.5, 0.6) is 0 Å². The van der Waals surface area contributed by atoms with E-state index in [0.717, 1.165) is 28.8 Å². The highest BCUT2D eigenvalue weighted by Crippen LogP contribution is 2.23. The molecule has 2 aliphatic heterocycles. The van der Waals surface area contributed by atoms with Crippen LogP contribution in [0.15, 0.2) is 27.8 Å². The fourth-order valence-corrected chi connectivity index (χ4v) is 4.95. The van der Waals surface area contributed by atoms with Crippen molar-refractivity contribution in [2.45, 2.75) is 25.8 Å². The maximum absolute atomic E-state index is 12.4. The Hall–Kier alpha value is -1.91. The predicted molar refractivity (Wildman–Crippen MR) is 110 cm³/mol. The first-order valence-electron chi connectivity index (χ1n) is 9.22. The van der Waals surface area contributed by atoms with Crippen molar-refractivity contribution in [3.05, 3.63) is 27.9 Å². The topological polar surface area (TPSA) is 104 Å². The number of thioether (sulfide) groups is 1. The number of hydrogen-bond acceptors (Lipinski definition) is 9. The van der Waals surface area contributed by atoms with Crippen molar-refractivity contribution < 1.29 is 19.4 Å². The van der Waals surface area contributed by atoms with Crippen LogP contribution in [0.2, 0.25) is 0 Å². The van der Waals surface area contributed by atoms with Gasteiger partial charge in [-0.05, 0) is 13.3 Å². The van der Waals surface area contributed by atoms with Crippen molar-refractivity contribution in [2.75, 3.05) is 37.7 Å². The molecule has 1 unspecified atom stereocenters. The van der Waals surface area contributed by atoms with E-state index < -0.39 is 5.97 Å². The minimum absolute atomic E-state index is 0.144. The Labute approximate surface area is 172 Å². The quantitative estimate of drug-likeness (QED) is 0.607. The van der Waals surface area contributed by atoms with Gasteiger partial charge < -0.3 is 15.2 Å². The molecular formula is C18H24N4O4S2. The zero-order valence-electron chi connectivity index (χ0n) is 15.7. The number of amidine groups is 1. The predicted octanol–water partition coefficient (Wildman–Crippen LogP) is 1.59. The zero-order valence-corrected chi connectivity index (χ0v) is 17.4. The Bertz CT molecular complexity index is 764. The van der Waals surface area contributed by atoms with Crippen molar-refractivity contribution in [1.29, 1.82) is 0 Å². The molecular weight excluding hydrogens is 400 g/mol. The van der Waals surface area contributed by atoms with Crippen molar-refractivity contribution >= 4 is 40.9 Å². The van der Waals surface area contributed by atoms with Crippen LogP contribution < -0.4 is 5.32 Å². The number of aliphatic carboxylic acids is 1. The lowest BCUT2D eigenvalue weighted by molar-refractivity contribution is -0.139. The molecule has 0 amide bonds. The van der Waals surface area contributed by atoms with Crippen LogP contribution in [-0.2, 0) is 14.3 Å². The van der Waals surface area contributed by atoms with Crippen molar-refractivity contribution in [2.24, 2.45) is 4.99 Å². The normalized spacial score (nSPS) is 20.5. The molecule has 0 saturated carbocycles. The first kappa shape index (κ1) is 20.8. The van der Waals surface area contributed by atoms with Gasteiger partial charge in [0.05, 0.1) is 18.7 Å². The molecule has 1 saturated heterocycles. The first-order valence-corrected chi connectivity index (χ1v) is 11.3. The van der Waals surface area contributed by atoms with Crippen LogP contribution >= 0.6 is 23.1 Å². The highest BCUT2D eigenvalue weighted by Gasteiger charge is 2.29. The van der Waals surface area contributed by atoms with E-state index in [1.165, 1.54) is 11.3 Å². The fourth-order valence-electron chi connectivity index (χ4n) is 3.17. The molecule has 2 aliphatic rings. The molecule has 28 heavy (non-hydrogen) atoms. The summed E-state index contributed by atoms with van der Waals surface area (Å²) in [6, 6.07) is 0.162. The minimum atomic E-state index is -0.782. The molecule has 0 bridgehead atoms. The zero-order chi connectivity index (χ0) is 19.9. The summed E-state index contributed by atoms with van der Waals surface area (Å²) in [5.74, 6) is 1.39. The average molecular weight is 425 g/mol. The summed E-state index contributed by atoms with van der Waals surface area (Å²) in [5, 5.41) is 15.0. The molecule has 10 heteroatoms. The second-order valence-corrected chi connectivity index (χ2v) is 8.48. The second kappa shape index (κ2) is 10.0. The van der Waals surface area contributed by atoms with E-state index in [4.69, 9.17) is 9.84 Å². The molecule has 0 aromatic carbocycles. The Kier molecular flexibility index (Phi) is 7.46. The highest BCUT2D eigenvalue weighted by molar-refractivity contribution is 7.99. The molecule has 3 rings (SSSR count). The van der Waals surface area contributed by atoms with Crippen molar-refractivity contribution in [3.63, 3.8) is 0 Å². The lowest BCUT2D eigenvalue weighted by Gasteiger charge is -2.36. The molecule has 3 heterocycles. The fraction of sp³-hybridized carbons (Fsp3) is 0.556. The van der Waals surface area contributed by atoms with Crippen LogP contribution in [0.1, 0.15) is 24.8 Å². The van der Waals surface area contributed by atoms with Crippen LogP contribution in [0.3, 0.4) is 0 Å². The Morgan fingerprint density at radius 1 is 1.46 bits per heavy atom. The number of ether oxygens (including phenoxy) is 1. The average Bonchev–Trinajstić information content (AvgIpc) is 3.22. The summed E-state index contributed by atoms with van der Waals surface area (Å²) in [6.07, 6.45) is 2.46. The standard InChI is InChI=1S/C18H24N4O4S2/c1-2-26-18(25)13-9-20-16(17-19-5-7-28-17)21-14(13)10-22-6-8-27-11-12(22)3-4-15(23)24/h5,7,12H,2-4,6,8-11H2,1H3,(H,20,21)(H,23,24). The number of esters is 1. The molecule has 152 valence electrons. The van der Waals surface area contributed by atoms with E-state index in [0.29, 0.717) is 31.0 Å². The first-order chi connectivity index (χ1) is 13.6. The van der Waals surface area contributed by atoms with Gasteiger partial charge in [-0.25, -0.2) is 9.78 Å². The van der Waals surface area contributed by atoms with E-state index in [1.54, 1.807) is 13.1 Å². The van der Waals surface area contributed by atoms with Gasteiger partial charge in [-0.3, -0.25) is 14.7 Å². The summed E-state index contributed by atoms with van der Waals surface area (Å²) >= 11 is 3.32. The molecule has 2 N–H and O–H groups in total. The van der Waals surface area contributed by atoms with E-state index in [9.17, 15) is 9.59 Å². The van der Waals surface area contributed by atoms with Gasteiger partial charge in [0.25, 0.3) is 0 Å². The molecule has 0 aliphatic carbocycles. The van der Waals surface area contributed by atoms with Crippen LogP contribution in [0, 0.1) is 0 Å². The summed E-state index contributed by atoms with van der Waals surface area (Å²) in [7, 11) is 0. The van der Waals surface area contributed by atoms with Gasteiger partial charge in [0.2, 0.25) is 0 Å². The number of aliphatic imine (C=N–C) groups is 1. The number of hydrogen-bond donors (Lipinski definition) is 2. The summed E-state index contributed by atoms with van der Waals surface area (Å²) in [4.78, 5) is 34.5. The summed E-state index contributed by atoms with van der Waals surface area (Å²) in [6.45, 7) is 3.71. The van der Waals surface area contributed by atoms with E-state index in [2.05, 4.69) is 20.2 Å². The molecule has 1 atom stereocenters.